The highest BCUT2D eigenvalue weighted by molar-refractivity contribution is 6.38. The lowest BCUT2D eigenvalue weighted by Crippen LogP contribution is -2.64. The van der Waals surface area contributed by atoms with Crippen LogP contribution in [-0.2, 0) is 32.2 Å². The lowest BCUT2D eigenvalue weighted by Gasteiger charge is -2.41. The van der Waals surface area contributed by atoms with Crippen molar-refractivity contribution in [3.05, 3.63) is 57.3 Å². The van der Waals surface area contributed by atoms with E-state index in [1.165, 1.54) is 18.1 Å². The summed E-state index contributed by atoms with van der Waals surface area (Å²) in [5, 5.41) is 36.4. The number of para-hydroxylation sites is 2. The van der Waals surface area contributed by atoms with Crippen molar-refractivity contribution < 1.29 is 48.7 Å². The summed E-state index contributed by atoms with van der Waals surface area (Å²) in [5.41, 5.74) is 1.55. The molecule has 2 heterocycles. The van der Waals surface area contributed by atoms with Crippen molar-refractivity contribution in [1.82, 2.24) is 25.1 Å². The Morgan fingerprint density at radius 1 is 1.07 bits per heavy atom. The molecule has 0 unspecified atom stereocenters. The minimum absolute atomic E-state index is 0.0332. The number of rotatable bonds is 18. The zero-order chi connectivity index (χ0) is 42.9. The van der Waals surface area contributed by atoms with Crippen molar-refractivity contribution in [2.45, 2.75) is 129 Å². The van der Waals surface area contributed by atoms with Gasteiger partial charge in [-0.2, -0.15) is 0 Å². The van der Waals surface area contributed by atoms with E-state index in [1.807, 2.05) is 38.1 Å². The summed E-state index contributed by atoms with van der Waals surface area (Å²) in [6.45, 7) is 11.7. The van der Waals surface area contributed by atoms with Crippen LogP contribution in [0.1, 0.15) is 88.5 Å². The number of aliphatic hydroxyl groups is 3. The fourth-order valence-corrected chi connectivity index (χ4v) is 7.34. The fraction of sp³-hybridized carbons (Fsp3) is 0.610. The number of hydrogen-bond acceptors (Lipinski definition) is 11. The van der Waals surface area contributed by atoms with Crippen LogP contribution in [0.5, 0.6) is 5.75 Å². The molecule has 5 N–H and O–H groups in total. The topological polar surface area (TPSA) is 194 Å². The second-order valence-electron chi connectivity index (χ2n) is 16.0. The molecule has 0 aliphatic carbocycles. The molecule has 3 amide bonds. The molecule has 1 saturated heterocycles. The molecule has 0 spiro atoms. The Labute approximate surface area is 350 Å². The van der Waals surface area contributed by atoms with Gasteiger partial charge in [0, 0.05) is 32.8 Å². The molecule has 0 bridgehead atoms. The molecule has 1 aromatic heterocycles. The van der Waals surface area contributed by atoms with Crippen molar-refractivity contribution in [1.29, 1.82) is 0 Å². The van der Waals surface area contributed by atoms with Crippen LogP contribution in [0, 0.1) is 12.8 Å². The van der Waals surface area contributed by atoms with Crippen molar-refractivity contribution in [2.24, 2.45) is 5.92 Å². The Morgan fingerprint density at radius 3 is 2.41 bits per heavy atom. The van der Waals surface area contributed by atoms with Crippen LogP contribution in [0.4, 0.5) is 4.79 Å². The third-order valence-corrected chi connectivity index (χ3v) is 10.6. The number of fused-ring (bicyclic) bond motifs is 1. The molecule has 322 valence electrons. The number of benzene rings is 2. The molecule has 0 saturated carbocycles. The van der Waals surface area contributed by atoms with Gasteiger partial charge < -0.3 is 49.5 Å². The van der Waals surface area contributed by atoms with E-state index in [4.69, 9.17) is 47.1 Å². The van der Waals surface area contributed by atoms with Crippen molar-refractivity contribution in [3.63, 3.8) is 0 Å². The molecule has 6 atom stereocenters. The number of carbonyl (C=O) groups is 3. The van der Waals surface area contributed by atoms with Gasteiger partial charge in [0.2, 0.25) is 5.91 Å². The quantitative estimate of drug-likeness (QED) is 0.103. The molecule has 15 nitrogen and oxygen atoms in total. The van der Waals surface area contributed by atoms with E-state index < -0.39 is 60.9 Å². The van der Waals surface area contributed by atoms with Gasteiger partial charge in [0.25, 0.3) is 5.91 Å². The average Bonchev–Trinajstić information content (AvgIpc) is 3.52. The van der Waals surface area contributed by atoms with E-state index in [9.17, 15) is 29.7 Å². The number of hydrogen-bond donors (Lipinski definition) is 5. The fourth-order valence-electron chi connectivity index (χ4n) is 6.78. The van der Waals surface area contributed by atoms with Gasteiger partial charge in [-0.05, 0) is 76.6 Å². The van der Waals surface area contributed by atoms with Crippen LogP contribution in [0.25, 0.3) is 11.0 Å². The highest BCUT2D eigenvalue weighted by atomic mass is 35.5. The summed E-state index contributed by atoms with van der Waals surface area (Å²) < 4.78 is 24.5. The normalized spacial score (nSPS) is 20.2. The highest BCUT2D eigenvalue weighted by Crippen LogP contribution is 2.38. The largest absolute Gasteiger partial charge is 0.483 e. The van der Waals surface area contributed by atoms with Crippen molar-refractivity contribution in [3.8, 4) is 5.75 Å². The number of unbranched alkanes of at least 4 members (excludes halogenated alkanes) is 3. The molecule has 1 aliphatic rings. The Kier molecular flexibility index (Phi) is 17.0. The number of imidazole rings is 1. The van der Waals surface area contributed by atoms with Gasteiger partial charge in [0.1, 0.15) is 48.4 Å². The molecular weight excluding hydrogens is 793 g/mol. The second-order valence-corrected chi connectivity index (χ2v) is 16.8. The summed E-state index contributed by atoms with van der Waals surface area (Å²) in [5.74, 6) is 0.182. The first-order chi connectivity index (χ1) is 27.4. The van der Waals surface area contributed by atoms with Crippen LogP contribution in [0.3, 0.4) is 0 Å². The second kappa shape index (κ2) is 21.0. The Morgan fingerprint density at radius 2 is 1.76 bits per heavy atom. The number of aliphatic hydroxyl groups excluding tert-OH is 3. The van der Waals surface area contributed by atoms with Crippen LogP contribution in [0.15, 0.2) is 30.3 Å². The van der Waals surface area contributed by atoms with Gasteiger partial charge in [-0.3, -0.25) is 14.5 Å². The predicted octanol–water partition coefficient (Wildman–Crippen LogP) is 5.37. The van der Waals surface area contributed by atoms with Crippen LogP contribution >= 0.6 is 23.2 Å². The molecule has 2 aromatic carbocycles. The number of nitrogens with zero attached hydrogens (tertiary/aromatic N) is 3. The van der Waals surface area contributed by atoms with Crippen LogP contribution in [-0.4, -0.2) is 117 Å². The first kappa shape index (κ1) is 47.0. The van der Waals surface area contributed by atoms with Gasteiger partial charge in [-0.25, -0.2) is 9.78 Å². The summed E-state index contributed by atoms with van der Waals surface area (Å²) >= 11 is 13.4. The number of ether oxygens (including phenoxy) is 4. The smallest absolute Gasteiger partial charge is 0.410 e. The van der Waals surface area contributed by atoms with Crippen molar-refractivity contribution >= 4 is 52.1 Å². The number of aromatic nitrogens is 2. The zero-order valence-corrected chi connectivity index (χ0v) is 36.1. The SMILES string of the molecule is CO[C@H]1O[C@H](CO)[C@@H](O)[C@H](O)[C@H]1NC(=O)c1cc(Cl)c(OCc2nc3ccccc3n2CCCCCCNC(=O)[C@H](CC(C)C)N(C)C(=O)OC(C)(C)C)c(Cl)c1C. The third-order valence-electron chi connectivity index (χ3n) is 9.91. The summed E-state index contributed by atoms with van der Waals surface area (Å²) in [4.78, 5) is 45.5. The monoisotopic (exact) mass is 851 g/mol. The number of likely N-dealkylation sites (N-methyl/N-ethyl adjacent to an activating group) is 1. The summed E-state index contributed by atoms with van der Waals surface area (Å²) in [7, 11) is 2.91. The van der Waals surface area contributed by atoms with E-state index >= 15 is 0 Å². The zero-order valence-electron chi connectivity index (χ0n) is 34.6. The lowest BCUT2D eigenvalue weighted by atomic mass is 9.96. The minimum Gasteiger partial charge on any atom is -0.483 e. The third kappa shape index (κ3) is 12.0. The number of halogens is 2. The number of aryl methyl sites for hydroxylation is 1. The molecule has 3 aromatic rings. The van der Waals surface area contributed by atoms with Gasteiger partial charge in [0.15, 0.2) is 12.0 Å². The molecule has 1 fully saturated rings. The maximum Gasteiger partial charge on any atom is 0.410 e. The maximum absolute atomic E-state index is 13.4. The average molecular weight is 853 g/mol. The lowest BCUT2D eigenvalue weighted by molar-refractivity contribution is -0.261. The number of carbonyl (C=O) groups excluding carboxylic acids is 3. The first-order valence-corrected chi connectivity index (χ1v) is 20.4. The van der Waals surface area contributed by atoms with Gasteiger partial charge >= 0.3 is 6.09 Å². The summed E-state index contributed by atoms with van der Waals surface area (Å²) in [6.07, 6.45) is -1.82. The predicted molar refractivity (Wildman–Crippen MR) is 220 cm³/mol. The molecule has 17 heteroatoms. The highest BCUT2D eigenvalue weighted by Gasteiger charge is 2.45. The number of amides is 3. The summed E-state index contributed by atoms with van der Waals surface area (Å²) in [6, 6.07) is 7.39. The Bertz CT molecular complexity index is 1870. The van der Waals surface area contributed by atoms with Crippen LogP contribution < -0.4 is 15.4 Å². The Balaban J connectivity index is 1.35. The van der Waals surface area contributed by atoms with Gasteiger partial charge in [-0.15, -0.1) is 0 Å². The van der Waals surface area contributed by atoms with Gasteiger partial charge in [-0.1, -0.05) is 62.0 Å². The van der Waals surface area contributed by atoms with E-state index in [0.717, 1.165) is 36.7 Å². The van der Waals surface area contributed by atoms with E-state index in [0.29, 0.717) is 30.9 Å². The maximum atomic E-state index is 13.4. The minimum atomic E-state index is -1.49. The van der Waals surface area contributed by atoms with E-state index in [2.05, 4.69) is 15.2 Å². The van der Waals surface area contributed by atoms with Crippen molar-refractivity contribution in [2.75, 3.05) is 27.3 Å². The Hall–Kier alpha value is -3.70. The van der Waals surface area contributed by atoms with Crippen LogP contribution in [0.2, 0.25) is 10.0 Å². The van der Waals surface area contributed by atoms with E-state index in [1.54, 1.807) is 34.7 Å². The standard InChI is InChI=1S/C41H59Cl2N5O10/c1-23(2)19-29(47(7)40(54)58-41(4,5)6)38(53)44-17-13-9-10-14-18-48-28-16-12-11-15-27(28)45-31(48)22-56-36-26(42)20-25(24(3)32(36)43)37(52)46-33-35(51)34(50)30(21-49)57-39(33)55-8/h11-12,15-16,20,23,29-30,33-35,39,49-51H,9-10,13-14,17-19,21-22H2,1-8H3,(H,44,53)(H,46,52)/t29-,30+,33+,34+,35+,39-/m0/s1. The molecule has 1 aliphatic heterocycles. The first-order valence-electron chi connectivity index (χ1n) is 19.6. The number of methoxy groups -OCH3 is 1. The number of nitrogens with one attached hydrogen (secondary N) is 2. The van der Waals surface area contributed by atoms with Gasteiger partial charge in [0.05, 0.1) is 27.7 Å². The molecule has 0 radical (unpaired) electrons. The van der Waals surface area contributed by atoms with E-state index in [-0.39, 0.29) is 39.8 Å². The molecule has 4 rings (SSSR count). The molecular formula is C41H59Cl2N5O10. The molecule has 58 heavy (non-hydrogen) atoms.